The van der Waals surface area contributed by atoms with E-state index in [1.54, 1.807) is 0 Å². The van der Waals surface area contributed by atoms with Crippen LogP contribution < -0.4 is 5.73 Å². The Morgan fingerprint density at radius 3 is 2.55 bits per heavy atom. The summed E-state index contributed by atoms with van der Waals surface area (Å²) in [6.07, 6.45) is 2.73. The van der Waals surface area contributed by atoms with Crippen LogP contribution in [0.4, 0.5) is 0 Å². The highest BCUT2D eigenvalue weighted by Crippen LogP contribution is 2.01. The molecular formula is C5H5ClN4O. The first kappa shape index (κ1) is 7.74. The van der Waals surface area contributed by atoms with Crippen molar-refractivity contribution in [2.75, 3.05) is 0 Å². The molecule has 1 heterocycles. The van der Waals surface area contributed by atoms with E-state index in [2.05, 4.69) is 15.1 Å². The largest absolute Gasteiger partial charge is 0.409 e. The molecule has 1 aromatic heterocycles. The van der Waals surface area contributed by atoms with Crippen molar-refractivity contribution in [1.29, 1.82) is 0 Å². The van der Waals surface area contributed by atoms with Gasteiger partial charge in [-0.05, 0) is 0 Å². The van der Waals surface area contributed by atoms with Gasteiger partial charge in [0, 0.05) is 12.4 Å². The number of amidine groups is 1. The molecule has 0 spiro atoms. The van der Waals surface area contributed by atoms with Crippen molar-refractivity contribution in [1.82, 2.24) is 9.97 Å². The number of hydrogen-bond acceptors (Lipinski definition) is 4. The highest BCUT2D eigenvalue weighted by Gasteiger charge is 2.00. The molecule has 0 aliphatic rings. The van der Waals surface area contributed by atoms with Gasteiger partial charge in [-0.2, -0.15) is 0 Å². The van der Waals surface area contributed by atoms with Gasteiger partial charge >= 0.3 is 0 Å². The van der Waals surface area contributed by atoms with E-state index in [0.29, 0.717) is 5.02 Å². The van der Waals surface area contributed by atoms with E-state index in [0.717, 1.165) is 0 Å². The molecule has 0 aromatic carbocycles. The molecule has 58 valence electrons. The fraction of sp³-hybridized carbons (Fsp3) is 0. The van der Waals surface area contributed by atoms with Crippen LogP contribution in [-0.4, -0.2) is 21.0 Å². The molecule has 0 fully saturated rings. The van der Waals surface area contributed by atoms with E-state index in [-0.39, 0.29) is 11.7 Å². The minimum atomic E-state index is -0.137. The van der Waals surface area contributed by atoms with E-state index in [9.17, 15) is 0 Å². The summed E-state index contributed by atoms with van der Waals surface area (Å²) in [6, 6.07) is 0. The molecule has 0 aliphatic heterocycles. The first-order valence-corrected chi connectivity index (χ1v) is 3.07. The molecule has 11 heavy (non-hydrogen) atoms. The number of nitrogens with zero attached hydrogens (tertiary/aromatic N) is 3. The SMILES string of the molecule is N/C(=N\O)c1ncc(Cl)cn1. The number of rotatable bonds is 1. The summed E-state index contributed by atoms with van der Waals surface area (Å²) in [7, 11) is 0. The molecular weight excluding hydrogens is 168 g/mol. The van der Waals surface area contributed by atoms with Gasteiger partial charge in [-0.1, -0.05) is 16.8 Å². The van der Waals surface area contributed by atoms with Gasteiger partial charge in [0.1, 0.15) is 0 Å². The number of hydrogen-bond donors (Lipinski definition) is 2. The van der Waals surface area contributed by atoms with Crippen molar-refractivity contribution in [3.05, 3.63) is 23.2 Å². The second-order valence-corrected chi connectivity index (χ2v) is 2.15. The Morgan fingerprint density at radius 1 is 1.55 bits per heavy atom. The van der Waals surface area contributed by atoms with Crippen molar-refractivity contribution in [3.63, 3.8) is 0 Å². The van der Waals surface area contributed by atoms with Crippen LogP contribution >= 0.6 is 11.6 Å². The summed E-state index contributed by atoms with van der Waals surface area (Å²) in [4.78, 5) is 7.38. The predicted molar refractivity (Wildman–Crippen MR) is 39.6 cm³/mol. The lowest BCUT2D eigenvalue weighted by Crippen LogP contribution is -2.16. The maximum absolute atomic E-state index is 8.21. The lowest BCUT2D eigenvalue weighted by atomic mass is 10.5. The van der Waals surface area contributed by atoms with Crippen LogP contribution in [-0.2, 0) is 0 Å². The third-order valence-electron chi connectivity index (χ3n) is 0.957. The molecule has 0 bridgehead atoms. The first-order valence-electron chi connectivity index (χ1n) is 2.69. The number of halogens is 1. The van der Waals surface area contributed by atoms with Crippen LogP contribution in [0.2, 0.25) is 5.02 Å². The molecule has 0 aliphatic carbocycles. The number of nitrogens with two attached hydrogens (primary N) is 1. The fourth-order valence-corrected chi connectivity index (χ4v) is 0.587. The molecule has 3 N–H and O–H groups in total. The summed E-state index contributed by atoms with van der Waals surface area (Å²) in [5.41, 5.74) is 5.18. The van der Waals surface area contributed by atoms with Crippen LogP contribution in [0.25, 0.3) is 0 Å². The minimum absolute atomic E-state index is 0.137. The second-order valence-electron chi connectivity index (χ2n) is 1.71. The van der Waals surface area contributed by atoms with Crippen LogP contribution in [0.1, 0.15) is 5.82 Å². The molecule has 0 atom stereocenters. The summed E-state index contributed by atoms with van der Waals surface area (Å²) in [6.45, 7) is 0. The quantitative estimate of drug-likeness (QED) is 0.275. The van der Waals surface area contributed by atoms with Crippen LogP contribution in [0, 0.1) is 0 Å². The Kier molecular flexibility index (Phi) is 2.22. The number of aromatic nitrogens is 2. The second kappa shape index (κ2) is 3.16. The van der Waals surface area contributed by atoms with Gasteiger partial charge in [-0.15, -0.1) is 0 Å². The maximum Gasteiger partial charge on any atom is 0.207 e. The normalized spacial score (nSPS) is 11.5. The van der Waals surface area contributed by atoms with E-state index in [4.69, 9.17) is 22.5 Å². The molecule has 0 radical (unpaired) electrons. The van der Waals surface area contributed by atoms with Gasteiger partial charge in [-0.3, -0.25) is 0 Å². The summed E-state index contributed by atoms with van der Waals surface area (Å²) < 4.78 is 0. The molecule has 1 rings (SSSR count). The molecule has 1 aromatic rings. The molecule has 6 heteroatoms. The average molecular weight is 173 g/mol. The lowest BCUT2D eigenvalue weighted by molar-refractivity contribution is 0.318. The monoisotopic (exact) mass is 172 g/mol. The van der Waals surface area contributed by atoms with Crippen LogP contribution in [0.3, 0.4) is 0 Å². The topological polar surface area (TPSA) is 84.4 Å². The zero-order chi connectivity index (χ0) is 8.27. The maximum atomic E-state index is 8.21. The minimum Gasteiger partial charge on any atom is -0.409 e. The molecule has 0 unspecified atom stereocenters. The van der Waals surface area contributed by atoms with Crippen molar-refractivity contribution >= 4 is 17.4 Å². The zero-order valence-corrected chi connectivity index (χ0v) is 6.15. The smallest absolute Gasteiger partial charge is 0.207 e. The van der Waals surface area contributed by atoms with Crippen molar-refractivity contribution in [2.24, 2.45) is 10.9 Å². The first-order chi connectivity index (χ1) is 5.24. The van der Waals surface area contributed by atoms with Gasteiger partial charge in [0.25, 0.3) is 0 Å². The molecule has 0 saturated heterocycles. The Balaban J connectivity index is 2.99. The van der Waals surface area contributed by atoms with E-state index >= 15 is 0 Å². The van der Waals surface area contributed by atoms with Gasteiger partial charge < -0.3 is 10.9 Å². The Morgan fingerprint density at radius 2 is 2.09 bits per heavy atom. The Labute approximate surface area is 67.5 Å². The highest BCUT2D eigenvalue weighted by molar-refractivity contribution is 6.30. The van der Waals surface area contributed by atoms with Crippen molar-refractivity contribution < 1.29 is 5.21 Å². The molecule has 5 nitrogen and oxygen atoms in total. The van der Waals surface area contributed by atoms with Crippen LogP contribution in [0.5, 0.6) is 0 Å². The van der Waals surface area contributed by atoms with Crippen molar-refractivity contribution in [3.8, 4) is 0 Å². The molecule has 0 amide bonds. The van der Waals surface area contributed by atoms with Crippen LogP contribution in [0.15, 0.2) is 17.5 Å². The summed E-state index contributed by atoms with van der Waals surface area (Å²) in [5, 5.41) is 11.3. The third kappa shape index (κ3) is 1.78. The van der Waals surface area contributed by atoms with E-state index < -0.39 is 0 Å². The standard InChI is InChI=1S/C5H5ClN4O/c6-3-1-8-5(9-2-3)4(7)10-11/h1-2,11H,(H2,7,10). The summed E-state index contributed by atoms with van der Waals surface area (Å²) >= 11 is 5.49. The molecule has 0 saturated carbocycles. The van der Waals surface area contributed by atoms with Gasteiger partial charge in [-0.25, -0.2) is 9.97 Å². The average Bonchev–Trinajstić information content (AvgIpc) is 2.05. The van der Waals surface area contributed by atoms with Crippen molar-refractivity contribution in [2.45, 2.75) is 0 Å². The lowest BCUT2D eigenvalue weighted by Gasteiger charge is -1.94. The van der Waals surface area contributed by atoms with Gasteiger partial charge in [0.05, 0.1) is 5.02 Å². The Hall–Kier alpha value is -1.36. The van der Waals surface area contributed by atoms with E-state index in [1.807, 2.05) is 0 Å². The van der Waals surface area contributed by atoms with Gasteiger partial charge in [0.15, 0.2) is 5.82 Å². The Bertz CT molecular complexity index is 270. The predicted octanol–water partition coefficient (Wildman–Crippen LogP) is 0.224. The zero-order valence-electron chi connectivity index (χ0n) is 5.40. The van der Waals surface area contributed by atoms with E-state index in [1.165, 1.54) is 12.4 Å². The number of oxime groups is 1. The highest BCUT2D eigenvalue weighted by atomic mass is 35.5. The summed E-state index contributed by atoms with van der Waals surface area (Å²) in [5.74, 6) is 0.0126. The third-order valence-corrected chi connectivity index (χ3v) is 1.15. The fourth-order valence-electron chi connectivity index (χ4n) is 0.489. The van der Waals surface area contributed by atoms with Gasteiger partial charge in [0.2, 0.25) is 5.84 Å².